The zero-order valence-corrected chi connectivity index (χ0v) is 20.0. The van der Waals surface area contributed by atoms with E-state index in [1.807, 2.05) is 0 Å². The molecule has 2 aromatic heterocycles. The van der Waals surface area contributed by atoms with Gasteiger partial charge in [-0.1, -0.05) is 30.3 Å². The van der Waals surface area contributed by atoms with Gasteiger partial charge in [-0.05, 0) is 36.2 Å². The molecule has 4 rings (SSSR count). The molecule has 0 aliphatic carbocycles. The molecule has 0 aliphatic rings. The quantitative estimate of drug-likeness (QED) is 0.283. The number of halogens is 3. The highest BCUT2D eigenvalue weighted by molar-refractivity contribution is 5.73. The van der Waals surface area contributed by atoms with Gasteiger partial charge in [-0.15, -0.1) is 0 Å². The van der Waals surface area contributed by atoms with Crippen LogP contribution in [-0.2, 0) is 11.2 Å². The summed E-state index contributed by atoms with van der Waals surface area (Å²) >= 11 is 0. The van der Waals surface area contributed by atoms with Gasteiger partial charge in [0, 0.05) is 17.2 Å². The van der Waals surface area contributed by atoms with Crippen LogP contribution in [0, 0.1) is 0 Å². The smallest absolute Gasteiger partial charge is 0.429 e. The van der Waals surface area contributed by atoms with Crippen molar-refractivity contribution in [2.45, 2.75) is 24.7 Å². The number of methoxy groups -OCH3 is 1. The minimum Gasteiger partial charge on any atom is -0.496 e. The van der Waals surface area contributed by atoms with Crippen molar-refractivity contribution in [3.63, 3.8) is 0 Å². The minimum absolute atomic E-state index is 0.103. The molecular formula is C26H23F3N4O5. The maximum atomic E-state index is 14.1. The molecular weight excluding hydrogens is 505 g/mol. The average Bonchev–Trinajstić information content (AvgIpc) is 3.41. The Labute approximate surface area is 214 Å². The van der Waals surface area contributed by atoms with E-state index in [-0.39, 0.29) is 35.3 Å². The van der Waals surface area contributed by atoms with E-state index in [0.717, 1.165) is 0 Å². The molecule has 12 heteroatoms. The molecule has 0 spiro atoms. The van der Waals surface area contributed by atoms with E-state index in [1.165, 1.54) is 37.6 Å². The number of alkyl halides is 3. The van der Waals surface area contributed by atoms with Crippen molar-refractivity contribution in [2.75, 3.05) is 12.8 Å². The van der Waals surface area contributed by atoms with Gasteiger partial charge >= 0.3 is 12.1 Å². The second-order valence-corrected chi connectivity index (χ2v) is 8.27. The van der Waals surface area contributed by atoms with E-state index in [2.05, 4.69) is 9.97 Å². The normalized spacial score (nSPS) is 13.1. The van der Waals surface area contributed by atoms with Crippen LogP contribution in [-0.4, -0.2) is 40.4 Å². The van der Waals surface area contributed by atoms with Gasteiger partial charge in [-0.3, -0.25) is 4.79 Å². The summed E-state index contributed by atoms with van der Waals surface area (Å²) in [5, 5.41) is 8.97. The molecule has 4 aromatic rings. The van der Waals surface area contributed by atoms with E-state index < -0.39 is 24.3 Å². The van der Waals surface area contributed by atoms with Crippen LogP contribution in [0.5, 0.6) is 11.6 Å². The first-order valence-corrected chi connectivity index (χ1v) is 11.2. The van der Waals surface area contributed by atoms with Crippen molar-refractivity contribution in [2.24, 2.45) is 5.73 Å². The van der Waals surface area contributed by atoms with Gasteiger partial charge in [0.05, 0.1) is 24.6 Å². The van der Waals surface area contributed by atoms with Crippen LogP contribution in [0.3, 0.4) is 0 Å². The Morgan fingerprint density at radius 3 is 2.45 bits per heavy atom. The van der Waals surface area contributed by atoms with Crippen molar-refractivity contribution in [1.29, 1.82) is 0 Å². The number of aromatic nitrogens is 2. The predicted octanol–water partition coefficient (Wildman–Crippen LogP) is 4.63. The third-order valence-electron chi connectivity index (χ3n) is 5.59. The van der Waals surface area contributed by atoms with E-state index in [0.29, 0.717) is 22.5 Å². The number of furan rings is 1. The summed E-state index contributed by atoms with van der Waals surface area (Å²) in [6, 6.07) is 13.9. The molecule has 0 saturated heterocycles. The van der Waals surface area contributed by atoms with Gasteiger partial charge in [0.1, 0.15) is 17.6 Å². The summed E-state index contributed by atoms with van der Waals surface area (Å²) in [5.41, 5.74) is 13.0. The van der Waals surface area contributed by atoms with Crippen molar-refractivity contribution in [3.8, 4) is 34.2 Å². The first-order chi connectivity index (χ1) is 18.0. The second kappa shape index (κ2) is 10.8. The van der Waals surface area contributed by atoms with Gasteiger partial charge in [0.15, 0.2) is 0 Å². The fourth-order valence-corrected chi connectivity index (χ4v) is 3.75. The van der Waals surface area contributed by atoms with Crippen LogP contribution in [0.2, 0.25) is 0 Å². The van der Waals surface area contributed by atoms with Crippen molar-refractivity contribution in [1.82, 2.24) is 9.97 Å². The molecule has 0 amide bonds. The second-order valence-electron chi connectivity index (χ2n) is 8.27. The predicted molar refractivity (Wildman–Crippen MR) is 131 cm³/mol. The molecule has 2 heterocycles. The zero-order chi connectivity index (χ0) is 27.4. The van der Waals surface area contributed by atoms with Gasteiger partial charge in [0.2, 0.25) is 17.9 Å². The molecule has 0 radical (unpaired) electrons. The summed E-state index contributed by atoms with van der Waals surface area (Å²) in [5.74, 6) is -1.21. The molecule has 0 bridgehead atoms. The number of hydrogen-bond acceptors (Lipinski definition) is 8. The Morgan fingerprint density at radius 2 is 1.84 bits per heavy atom. The first kappa shape index (κ1) is 26.5. The third-order valence-corrected chi connectivity index (χ3v) is 5.59. The number of nitrogen functional groups attached to an aromatic ring is 1. The molecule has 38 heavy (non-hydrogen) atoms. The molecule has 198 valence electrons. The van der Waals surface area contributed by atoms with Crippen LogP contribution >= 0.6 is 0 Å². The first-order valence-electron chi connectivity index (χ1n) is 11.2. The lowest BCUT2D eigenvalue weighted by molar-refractivity contribution is -0.198. The highest BCUT2D eigenvalue weighted by atomic mass is 19.4. The molecule has 0 aliphatic heterocycles. The fraction of sp³-hybridized carbons (Fsp3) is 0.192. The number of ether oxygens (including phenoxy) is 2. The molecule has 5 N–H and O–H groups in total. The third kappa shape index (κ3) is 6.03. The minimum atomic E-state index is -4.80. The number of nitrogens with zero attached hydrogens (tertiary/aromatic N) is 2. The molecule has 0 saturated carbocycles. The number of aliphatic carboxylic acids is 1. The van der Waals surface area contributed by atoms with Gasteiger partial charge in [0.25, 0.3) is 0 Å². The van der Waals surface area contributed by atoms with Gasteiger partial charge < -0.3 is 30.5 Å². The lowest BCUT2D eigenvalue weighted by Crippen LogP contribution is -2.32. The zero-order valence-electron chi connectivity index (χ0n) is 20.0. The lowest BCUT2D eigenvalue weighted by Gasteiger charge is -2.23. The van der Waals surface area contributed by atoms with Crippen molar-refractivity contribution < 1.29 is 37.0 Å². The lowest BCUT2D eigenvalue weighted by atomic mass is 10.0. The standard InChI is InChI=1S/C26H23F3N4O5/c1-36-21-12-16(8-9-17(21)20-3-2-10-37-20)23(26(27,28)29)38-22-13-19(32-25(31)33-22)15-6-4-14(5-7-15)11-18(30)24(34)35/h2-10,12-13,18,23H,11,30H2,1H3,(H,34,35)(H2,31,32,33)/t18-,23?/m0/s1. The number of carbonyl (C=O) groups is 1. The Hall–Kier alpha value is -4.58. The van der Waals surface area contributed by atoms with Crippen LogP contribution in [0.1, 0.15) is 17.2 Å². The number of carboxylic acids is 1. The van der Waals surface area contributed by atoms with Crippen LogP contribution < -0.4 is 20.9 Å². The number of nitrogens with two attached hydrogens (primary N) is 2. The van der Waals surface area contributed by atoms with E-state index in [4.69, 9.17) is 30.5 Å². The number of carboxylic acid groups (broad SMARTS) is 1. The van der Waals surface area contributed by atoms with Crippen molar-refractivity contribution >= 4 is 11.9 Å². The summed E-state index contributed by atoms with van der Waals surface area (Å²) in [7, 11) is 1.34. The summed E-state index contributed by atoms with van der Waals surface area (Å²) in [6.07, 6.45) is -5.64. The molecule has 9 nitrogen and oxygen atoms in total. The monoisotopic (exact) mass is 528 g/mol. The van der Waals surface area contributed by atoms with E-state index in [1.54, 1.807) is 36.4 Å². The molecule has 1 unspecified atom stereocenters. The maximum Gasteiger partial charge on any atom is 0.429 e. The summed E-state index contributed by atoms with van der Waals surface area (Å²) < 4.78 is 58.3. The average molecular weight is 528 g/mol. The summed E-state index contributed by atoms with van der Waals surface area (Å²) in [6.45, 7) is 0. The van der Waals surface area contributed by atoms with Crippen molar-refractivity contribution in [3.05, 3.63) is 78.1 Å². The highest BCUT2D eigenvalue weighted by Crippen LogP contribution is 2.40. The Morgan fingerprint density at radius 1 is 1.11 bits per heavy atom. The van der Waals surface area contributed by atoms with Gasteiger partial charge in [-0.25, -0.2) is 4.98 Å². The fourth-order valence-electron chi connectivity index (χ4n) is 3.75. The SMILES string of the molecule is COc1cc(C(Oc2cc(-c3ccc(C[C@H](N)C(=O)O)cc3)nc(N)n2)C(F)(F)F)ccc1-c1ccco1. The van der Waals surface area contributed by atoms with Crippen LogP contribution in [0.25, 0.3) is 22.6 Å². The van der Waals surface area contributed by atoms with Crippen LogP contribution in [0.4, 0.5) is 19.1 Å². The highest BCUT2D eigenvalue weighted by Gasteiger charge is 2.44. The summed E-state index contributed by atoms with van der Waals surface area (Å²) in [4.78, 5) is 18.9. The Bertz CT molecular complexity index is 1410. The Balaban J connectivity index is 1.63. The van der Waals surface area contributed by atoms with E-state index in [9.17, 15) is 18.0 Å². The number of rotatable bonds is 9. The van der Waals surface area contributed by atoms with Crippen LogP contribution in [0.15, 0.2) is 71.3 Å². The topological polar surface area (TPSA) is 147 Å². The Kier molecular flexibility index (Phi) is 7.53. The molecule has 2 atom stereocenters. The largest absolute Gasteiger partial charge is 0.496 e. The number of hydrogen-bond donors (Lipinski definition) is 3. The maximum absolute atomic E-state index is 14.1. The van der Waals surface area contributed by atoms with Gasteiger partial charge in [-0.2, -0.15) is 18.2 Å². The number of benzene rings is 2. The number of anilines is 1. The molecule has 2 aromatic carbocycles. The van der Waals surface area contributed by atoms with E-state index >= 15 is 0 Å². The molecule has 0 fully saturated rings.